The van der Waals surface area contributed by atoms with Crippen LogP contribution in [0, 0.1) is 0 Å². The Labute approximate surface area is 144 Å². The van der Waals surface area contributed by atoms with Gasteiger partial charge in [-0.25, -0.2) is 0 Å². The lowest BCUT2D eigenvalue weighted by molar-refractivity contribution is -0.121. The lowest BCUT2D eigenvalue weighted by atomic mass is 10.1. The fraction of sp³-hybridized carbons (Fsp3) is 0.250. The smallest absolute Gasteiger partial charge is 0.266 e. The second-order valence-electron chi connectivity index (χ2n) is 4.50. The molecule has 1 heterocycles. The highest BCUT2D eigenvalue weighted by molar-refractivity contribution is 8.26. The summed E-state index contributed by atoms with van der Waals surface area (Å²) in [5.41, 5.74) is 0.712. The van der Waals surface area contributed by atoms with Crippen molar-refractivity contribution < 1.29 is 19.0 Å². The van der Waals surface area contributed by atoms with Gasteiger partial charge >= 0.3 is 0 Å². The van der Waals surface area contributed by atoms with Gasteiger partial charge in [0.15, 0.2) is 11.5 Å². The van der Waals surface area contributed by atoms with Crippen LogP contribution in [-0.2, 0) is 4.79 Å². The maximum absolute atomic E-state index is 12.4. The Balaban J connectivity index is 2.45. The summed E-state index contributed by atoms with van der Waals surface area (Å²) in [4.78, 5) is 14.4. The summed E-state index contributed by atoms with van der Waals surface area (Å²) in [5, 5.41) is 0. The zero-order chi connectivity index (χ0) is 17.0. The second kappa shape index (κ2) is 7.52. The van der Waals surface area contributed by atoms with Crippen LogP contribution in [0.5, 0.6) is 17.2 Å². The molecule has 1 fully saturated rings. The highest BCUT2D eigenvalue weighted by atomic mass is 32.2. The first kappa shape index (κ1) is 17.4. The number of benzene rings is 1. The Hall–Kier alpha value is -1.99. The Bertz CT molecular complexity index is 685. The number of carbonyl (C=O) groups excluding carboxylic acids is 1. The molecule has 2 rings (SSSR count). The molecule has 1 amide bonds. The number of nitrogens with zero attached hydrogens (tertiary/aromatic N) is 1. The van der Waals surface area contributed by atoms with Crippen molar-refractivity contribution in [1.29, 1.82) is 0 Å². The Morgan fingerprint density at radius 3 is 2.48 bits per heavy atom. The number of thioether (sulfide) groups is 1. The van der Waals surface area contributed by atoms with Gasteiger partial charge in [0.05, 0.1) is 26.2 Å². The molecule has 1 saturated heterocycles. The Morgan fingerprint density at radius 2 is 1.91 bits per heavy atom. The van der Waals surface area contributed by atoms with Crippen molar-refractivity contribution in [3.8, 4) is 17.2 Å². The number of thiocarbonyl (C=S) groups is 1. The molecule has 0 atom stereocenters. The van der Waals surface area contributed by atoms with Gasteiger partial charge in [0.1, 0.15) is 4.32 Å². The standard InChI is InChI=1S/C16H17NO4S2/c1-5-8-17-15(18)12(23-16(17)22)9-10-6-7-11(19-2)14(21-4)13(10)20-3/h5-7,9H,1,8H2,2-4H3/b12-9-. The molecule has 0 unspecified atom stereocenters. The number of hydrogen-bond donors (Lipinski definition) is 0. The van der Waals surface area contributed by atoms with Gasteiger partial charge in [-0.1, -0.05) is 30.1 Å². The topological polar surface area (TPSA) is 48.0 Å². The molecule has 122 valence electrons. The summed E-state index contributed by atoms with van der Waals surface area (Å²) < 4.78 is 16.5. The third-order valence-electron chi connectivity index (χ3n) is 3.21. The quantitative estimate of drug-likeness (QED) is 0.446. The SMILES string of the molecule is C=CCN1C(=O)/C(=C/c2ccc(OC)c(OC)c2OC)SC1=S. The third kappa shape index (κ3) is 3.35. The number of carbonyl (C=O) groups is 1. The molecule has 0 N–H and O–H groups in total. The van der Waals surface area contributed by atoms with Crippen molar-refractivity contribution >= 4 is 40.3 Å². The van der Waals surface area contributed by atoms with Gasteiger partial charge in [0.25, 0.3) is 5.91 Å². The van der Waals surface area contributed by atoms with Crippen LogP contribution in [0.15, 0.2) is 29.7 Å². The molecule has 0 saturated carbocycles. The fourth-order valence-electron chi connectivity index (χ4n) is 2.17. The van der Waals surface area contributed by atoms with E-state index in [2.05, 4.69) is 6.58 Å². The molecular weight excluding hydrogens is 334 g/mol. The lowest BCUT2D eigenvalue weighted by Gasteiger charge is -2.14. The minimum Gasteiger partial charge on any atom is -0.493 e. The van der Waals surface area contributed by atoms with Crippen LogP contribution in [-0.4, -0.2) is 43.0 Å². The highest BCUT2D eigenvalue weighted by Gasteiger charge is 2.31. The van der Waals surface area contributed by atoms with Crippen molar-refractivity contribution in [2.75, 3.05) is 27.9 Å². The van der Waals surface area contributed by atoms with E-state index < -0.39 is 0 Å². The minimum absolute atomic E-state index is 0.142. The van der Waals surface area contributed by atoms with Gasteiger partial charge in [0.2, 0.25) is 5.75 Å². The van der Waals surface area contributed by atoms with E-state index in [0.717, 1.165) is 0 Å². The van der Waals surface area contributed by atoms with E-state index in [1.807, 2.05) is 0 Å². The van der Waals surface area contributed by atoms with Crippen LogP contribution in [0.25, 0.3) is 6.08 Å². The van der Waals surface area contributed by atoms with Gasteiger partial charge in [-0.15, -0.1) is 6.58 Å². The molecule has 1 aromatic carbocycles. The third-order valence-corrected chi connectivity index (χ3v) is 4.58. The van der Waals surface area contributed by atoms with E-state index in [4.69, 9.17) is 26.4 Å². The molecule has 1 aromatic rings. The summed E-state index contributed by atoms with van der Waals surface area (Å²) in [6.45, 7) is 4.03. The summed E-state index contributed by atoms with van der Waals surface area (Å²) in [5.74, 6) is 1.39. The monoisotopic (exact) mass is 351 g/mol. The molecule has 0 aliphatic carbocycles. The predicted octanol–water partition coefficient (Wildman–Crippen LogP) is 3.10. The Kier molecular flexibility index (Phi) is 5.68. The van der Waals surface area contributed by atoms with Crippen LogP contribution in [0.3, 0.4) is 0 Å². The van der Waals surface area contributed by atoms with Crippen molar-refractivity contribution in [3.05, 3.63) is 35.3 Å². The van der Waals surface area contributed by atoms with Crippen LogP contribution < -0.4 is 14.2 Å². The molecule has 5 nitrogen and oxygen atoms in total. The Morgan fingerprint density at radius 1 is 1.22 bits per heavy atom. The maximum atomic E-state index is 12.4. The van der Waals surface area contributed by atoms with Crippen LogP contribution in [0.4, 0.5) is 0 Å². The van der Waals surface area contributed by atoms with E-state index >= 15 is 0 Å². The molecule has 0 bridgehead atoms. The molecular formula is C16H17NO4S2. The molecule has 0 spiro atoms. The number of amides is 1. The summed E-state index contributed by atoms with van der Waals surface area (Å²) in [6, 6.07) is 3.57. The normalized spacial score (nSPS) is 16.0. The zero-order valence-electron chi connectivity index (χ0n) is 13.1. The molecule has 1 aliphatic rings. The van der Waals surface area contributed by atoms with Gasteiger partial charge in [-0.2, -0.15) is 0 Å². The lowest BCUT2D eigenvalue weighted by Crippen LogP contribution is -2.27. The molecule has 1 aliphatic heterocycles. The van der Waals surface area contributed by atoms with Gasteiger partial charge in [-0.05, 0) is 18.2 Å². The molecule has 7 heteroatoms. The zero-order valence-corrected chi connectivity index (χ0v) is 14.8. The number of rotatable bonds is 6. The van der Waals surface area contributed by atoms with Crippen LogP contribution in [0.1, 0.15) is 5.56 Å². The predicted molar refractivity (Wildman–Crippen MR) is 96.2 cm³/mol. The van der Waals surface area contributed by atoms with E-state index in [1.54, 1.807) is 31.4 Å². The average Bonchev–Trinajstić information content (AvgIpc) is 2.82. The summed E-state index contributed by atoms with van der Waals surface area (Å²) in [6.07, 6.45) is 3.38. The average molecular weight is 351 g/mol. The number of methoxy groups -OCH3 is 3. The van der Waals surface area contributed by atoms with Crippen molar-refractivity contribution in [1.82, 2.24) is 4.90 Å². The minimum atomic E-state index is -0.142. The largest absolute Gasteiger partial charge is 0.493 e. The molecule has 23 heavy (non-hydrogen) atoms. The van der Waals surface area contributed by atoms with Crippen molar-refractivity contribution in [2.45, 2.75) is 0 Å². The summed E-state index contributed by atoms with van der Waals surface area (Å²) in [7, 11) is 4.63. The van der Waals surface area contributed by atoms with Crippen LogP contribution >= 0.6 is 24.0 Å². The number of hydrogen-bond acceptors (Lipinski definition) is 6. The molecule has 0 radical (unpaired) electrons. The highest BCUT2D eigenvalue weighted by Crippen LogP contribution is 2.42. The van der Waals surface area contributed by atoms with Gasteiger partial charge in [-0.3, -0.25) is 9.69 Å². The van der Waals surface area contributed by atoms with E-state index in [0.29, 0.717) is 38.6 Å². The van der Waals surface area contributed by atoms with E-state index in [9.17, 15) is 4.79 Å². The van der Waals surface area contributed by atoms with Gasteiger partial charge < -0.3 is 14.2 Å². The first-order valence-electron chi connectivity index (χ1n) is 6.72. The first-order valence-corrected chi connectivity index (χ1v) is 7.95. The molecule has 0 aromatic heterocycles. The van der Waals surface area contributed by atoms with Crippen molar-refractivity contribution in [3.63, 3.8) is 0 Å². The number of ether oxygens (including phenoxy) is 3. The summed E-state index contributed by atoms with van der Waals surface area (Å²) >= 11 is 6.48. The fourth-order valence-corrected chi connectivity index (χ4v) is 3.43. The maximum Gasteiger partial charge on any atom is 0.266 e. The van der Waals surface area contributed by atoms with Crippen molar-refractivity contribution in [2.24, 2.45) is 0 Å². The van der Waals surface area contributed by atoms with E-state index in [-0.39, 0.29) is 5.91 Å². The second-order valence-corrected chi connectivity index (χ2v) is 6.18. The van der Waals surface area contributed by atoms with Gasteiger partial charge in [0, 0.05) is 12.1 Å². The first-order chi connectivity index (χ1) is 11.1. The van der Waals surface area contributed by atoms with Crippen LogP contribution in [0.2, 0.25) is 0 Å². The van der Waals surface area contributed by atoms with E-state index in [1.165, 1.54) is 30.9 Å².